The number of carbonyl (C=O) groups excluding carboxylic acids is 1. The second-order valence-corrected chi connectivity index (χ2v) is 14.5. The van der Waals surface area contributed by atoms with Crippen molar-refractivity contribution in [1.82, 2.24) is 4.57 Å². The summed E-state index contributed by atoms with van der Waals surface area (Å²) < 4.78 is 21.3. The zero-order valence-electron chi connectivity index (χ0n) is 27.1. The number of ether oxygens (including phenoxy) is 3. The molecule has 0 saturated carbocycles. The van der Waals surface area contributed by atoms with Gasteiger partial charge in [-0.2, -0.15) is 0 Å². The molecule has 0 radical (unpaired) electrons. The Balaban J connectivity index is 1.40. The molecule has 6 aromatic rings. The molecule has 0 bridgehead atoms. The number of hydrogen-bond donors (Lipinski definition) is 0. The number of esters is 1. The van der Waals surface area contributed by atoms with Crippen LogP contribution in [-0.2, 0) is 16.1 Å². The molecule has 0 fully saturated rings. The van der Waals surface area contributed by atoms with Crippen LogP contribution in [0, 0.1) is 3.57 Å². The molecule has 1 aliphatic rings. The van der Waals surface area contributed by atoms with E-state index in [1.165, 1.54) is 11.3 Å². The summed E-state index contributed by atoms with van der Waals surface area (Å²) in [4.78, 5) is 33.8. The predicted octanol–water partition coefficient (Wildman–Crippen LogP) is 8.04. The van der Waals surface area contributed by atoms with Crippen LogP contribution in [0.15, 0.2) is 129 Å². The Kier molecular flexibility index (Phi) is 10.0. The lowest BCUT2D eigenvalue weighted by Crippen LogP contribution is -2.40. The maximum atomic E-state index is 14.5. The molecule has 0 saturated heterocycles. The van der Waals surface area contributed by atoms with Crippen molar-refractivity contribution >= 4 is 78.4 Å². The number of rotatable bonds is 9. The molecule has 0 N–H and O–H groups in total. The highest BCUT2D eigenvalue weighted by Crippen LogP contribution is 2.36. The summed E-state index contributed by atoms with van der Waals surface area (Å²) in [5, 5.41) is 2.27. The van der Waals surface area contributed by atoms with Gasteiger partial charge in [-0.15, -0.1) is 0 Å². The first-order valence-corrected chi connectivity index (χ1v) is 18.6. The SMILES string of the molecule is CCOC(=O)C1=C(c2ccccc2)N=c2s/c(=C\c3cc(Br)cc(I)c3OCc3cccc4ccccc34)c(=O)n2[C@@H]1c1ccc(OC)cc1. The number of methoxy groups -OCH3 is 1. The summed E-state index contributed by atoms with van der Waals surface area (Å²) in [6.45, 7) is 2.28. The molecule has 10 heteroatoms. The third-order valence-corrected chi connectivity index (χ3v) is 10.6. The Hall–Kier alpha value is -4.52. The second kappa shape index (κ2) is 14.8. The van der Waals surface area contributed by atoms with Crippen molar-refractivity contribution in [3.05, 3.63) is 165 Å². The topological polar surface area (TPSA) is 79.1 Å². The summed E-state index contributed by atoms with van der Waals surface area (Å²) in [7, 11) is 1.60. The minimum Gasteiger partial charge on any atom is -0.497 e. The fraction of sp³-hybridized carbons (Fsp3) is 0.125. The summed E-state index contributed by atoms with van der Waals surface area (Å²) >= 11 is 7.17. The van der Waals surface area contributed by atoms with Gasteiger partial charge in [0.25, 0.3) is 5.56 Å². The van der Waals surface area contributed by atoms with Gasteiger partial charge in [-0.1, -0.05) is 112 Å². The molecule has 1 aliphatic heterocycles. The number of thiazole rings is 1. The number of carbonyl (C=O) groups is 1. The van der Waals surface area contributed by atoms with Crippen LogP contribution in [0.3, 0.4) is 0 Å². The Bertz CT molecular complexity index is 2450. The van der Waals surface area contributed by atoms with Crippen LogP contribution >= 0.6 is 49.9 Å². The van der Waals surface area contributed by atoms with E-state index < -0.39 is 12.0 Å². The molecule has 0 amide bonds. The van der Waals surface area contributed by atoms with Gasteiger partial charge >= 0.3 is 5.97 Å². The van der Waals surface area contributed by atoms with Crippen LogP contribution < -0.4 is 24.4 Å². The fourth-order valence-electron chi connectivity index (χ4n) is 6.09. The summed E-state index contributed by atoms with van der Waals surface area (Å²) in [5.74, 6) is 0.790. The summed E-state index contributed by atoms with van der Waals surface area (Å²) in [6.07, 6.45) is 1.84. The van der Waals surface area contributed by atoms with Gasteiger partial charge in [0, 0.05) is 15.6 Å². The first-order valence-electron chi connectivity index (χ1n) is 15.9. The van der Waals surface area contributed by atoms with Gasteiger partial charge in [-0.25, -0.2) is 9.79 Å². The van der Waals surface area contributed by atoms with E-state index in [-0.39, 0.29) is 12.2 Å². The van der Waals surface area contributed by atoms with Crippen LogP contribution in [0.4, 0.5) is 0 Å². The third kappa shape index (κ3) is 6.67. The highest BCUT2D eigenvalue weighted by Gasteiger charge is 2.35. The Morgan fingerprint density at radius 2 is 1.72 bits per heavy atom. The van der Waals surface area contributed by atoms with E-state index in [1.807, 2.05) is 91.0 Å². The first-order chi connectivity index (χ1) is 24.4. The predicted molar refractivity (Wildman–Crippen MR) is 209 cm³/mol. The standard InChI is InChI=1S/C40H30BrIN2O5S/c1-3-48-39(46)34-35(25-11-5-4-6-12-25)43-40-44(36(34)26-16-18-30(47-2)19-17-26)38(45)33(50-40)21-28-20-29(41)22-32(42)37(28)49-23-27-14-9-13-24-10-7-8-15-31(24)27/h4-22,36H,3,23H2,1-2H3/b33-21-/t36-/m1/s1. The van der Waals surface area contributed by atoms with Gasteiger partial charge in [-0.05, 0) is 81.8 Å². The van der Waals surface area contributed by atoms with Gasteiger partial charge in [0.05, 0.1) is 39.1 Å². The first kappa shape index (κ1) is 34.0. The van der Waals surface area contributed by atoms with Crippen LogP contribution in [0.25, 0.3) is 22.5 Å². The van der Waals surface area contributed by atoms with Crippen LogP contribution in [0.1, 0.15) is 35.2 Å². The molecule has 250 valence electrons. The number of nitrogens with zero attached hydrogens (tertiary/aromatic N) is 2. The molecule has 1 aromatic heterocycles. The van der Waals surface area contributed by atoms with Gasteiger partial charge < -0.3 is 14.2 Å². The molecule has 50 heavy (non-hydrogen) atoms. The zero-order valence-corrected chi connectivity index (χ0v) is 31.6. The van der Waals surface area contributed by atoms with E-state index in [0.717, 1.165) is 41.1 Å². The van der Waals surface area contributed by atoms with E-state index >= 15 is 0 Å². The summed E-state index contributed by atoms with van der Waals surface area (Å²) in [5.41, 5.74) is 3.75. The maximum absolute atomic E-state index is 14.5. The van der Waals surface area contributed by atoms with Crippen molar-refractivity contribution < 1.29 is 19.0 Å². The molecule has 5 aromatic carbocycles. The lowest BCUT2D eigenvalue weighted by molar-refractivity contribution is -0.138. The Morgan fingerprint density at radius 3 is 2.48 bits per heavy atom. The lowest BCUT2D eigenvalue weighted by Gasteiger charge is -2.26. The molecule has 0 unspecified atom stereocenters. The normalized spacial score (nSPS) is 14.3. The molecule has 0 aliphatic carbocycles. The number of halogens is 2. The number of hydrogen-bond acceptors (Lipinski definition) is 7. The molecule has 1 atom stereocenters. The van der Waals surface area contributed by atoms with Gasteiger partial charge in [0.15, 0.2) is 4.80 Å². The number of benzene rings is 5. The fourth-order valence-corrected chi connectivity index (χ4v) is 8.79. The highest BCUT2D eigenvalue weighted by molar-refractivity contribution is 14.1. The smallest absolute Gasteiger partial charge is 0.338 e. The molecule has 2 heterocycles. The van der Waals surface area contributed by atoms with Crippen molar-refractivity contribution in [2.24, 2.45) is 4.99 Å². The molecule has 7 nitrogen and oxygen atoms in total. The minimum atomic E-state index is -0.793. The van der Waals surface area contributed by atoms with Crippen molar-refractivity contribution in [1.29, 1.82) is 0 Å². The van der Waals surface area contributed by atoms with E-state index in [2.05, 4.69) is 62.8 Å². The number of aromatic nitrogens is 1. The van der Waals surface area contributed by atoms with Crippen LogP contribution in [0.5, 0.6) is 11.5 Å². The van der Waals surface area contributed by atoms with Crippen molar-refractivity contribution in [3.8, 4) is 11.5 Å². The van der Waals surface area contributed by atoms with Crippen molar-refractivity contribution in [3.63, 3.8) is 0 Å². The molecular formula is C40H30BrIN2O5S. The quantitative estimate of drug-likeness (QED) is 0.109. The van der Waals surface area contributed by atoms with Crippen molar-refractivity contribution in [2.45, 2.75) is 19.6 Å². The Morgan fingerprint density at radius 1 is 0.980 bits per heavy atom. The average Bonchev–Trinajstić information content (AvgIpc) is 3.44. The number of fused-ring (bicyclic) bond motifs is 2. The molecule has 0 spiro atoms. The Labute approximate surface area is 314 Å². The van der Waals surface area contributed by atoms with E-state index in [4.69, 9.17) is 19.2 Å². The van der Waals surface area contributed by atoms with Gasteiger partial charge in [0.1, 0.15) is 18.1 Å². The van der Waals surface area contributed by atoms with E-state index in [9.17, 15) is 9.59 Å². The molecule has 7 rings (SSSR count). The van der Waals surface area contributed by atoms with Gasteiger partial charge in [-0.3, -0.25) is 9.36 Å². The third-order valence-electron chi connectivity index (χ3n) is 8.38. The zero-order chi connectivity index (χ0) is 34.8. The van der Waals surface area contributed by atoms with E-state index in [1.54, 1.807) is 18.6 Å². The monoisotopic (exact) mass is 856 g/mol. The van der Waals surface area contributed by atoms with Crippen LogP contribution in [0.2, 0.25) is 0 Å². The largest absolute Gasteiger partial charge is 0.497 e. The van der Waals surface area contributed by atoms with Crippen LogP contribution in [-0.4, -0.2) is 24.3 Å². The van der Waals surface area contributed by atoms with Crippen molar-refractivity contribution in [2.75, 3.05) is 13.7 Å². The lowest BCUT2D eigenvalue weighted by atomic mass is 9.93. The van der Waals surface area contributed by atoms with E-state index in [0.29, 0.717) is 38.7 Å². The second-order valence-electron chi connectivity index (χ2n) is 11.4. The maximum Gasteiger partial charge on any atom is 0.338 e. The average molecular weight is 858 g/mol. The minimum absolute atomic E-state index is 0.174. The summed E-state index contributed by atoms with van der Waals surface area (Å²) in [6, 6.07) is 34.4. The van der Waals surface area contributed by atoms with Gasteiger partial charge in [0.2, 0.25) is 0 Å². The highest BCUT2D eigenvalue weighted by atomic mass is 127. The molecular weight excluding hydrogens is 827 g/mol.